The molecule has 4 aromatic carbocycles. The lowest BCUT2D eigenvalue weighted by molar-refractivity contribution is 0.0733. The monoisotopic (exact) mass is 650 g/mol. The van der Waals surface area contributed by atoms with Gasteiger partial charge in [0.15, 0.2) is 11.5 Å². The van der Waals surface area contributed by atoms with Crippen LogP contribution in [0.5, 0.6) is 23.0 Å². The summed E-state index contributed by atoms with van der Waals surface area (Å²) >= 11 is 15.6. The van der Waals surface area contributed by atoms with E-state index in [9.17, 15) is 10.1 Å². The Morgan fingerprint density at radius 2 is 1.85 bits per heavy atom. The van der Waals surface area contributed by atoms with Crippen molar-refractivity contribution in [2.45, 2.75) is 12.5 Å². The van der Waals surface area contributed by atoms with Crippen LogP contribution in [-0.4, -0.2) is 13.1 Å². The zero-order chi connectivity index (χ0) is 29.1. The molecule has 0 amide bonds. The van der Waals surface area contributed by atoms with E-state index in [4.69, 9.17) is 47.9 Å². The highest BCUT2D eigenvalue weighted by atomic mass is 79.9. The maximum Gasteiger partial charge on any atom is 0.344 e. The van der Waals surface area contributed by atoms with E-state index in [-0.39, 0.29) is 23.8 Å². The Bertz CT molecular complexity index is 1730. The molecular weight excluding hydrogens is 631 g/mol. The Balaban J connectivity index is 1.44. The molecule has 4 aromatic rings. The lowest BCUT2D eigenvalue weighted by Gasteiger charge is -2.27. The predicted octanol–water partition coefficient (Wildman–Crippen LogP) is 7.78. The van der Waals surface area contributed by atoms with Crippen LogP contribution >= 0.6 is 39.1 Å². The second kappa shape index (κ2) is 12.1. The second-order valence-corrected chi connectivity index (χ2v) is 10.6. The Kier molecular flexibility index (Phi) is 8.41. The molecule has 5 rings (SSSR count). The minimum Gasteiger partial charge on any atom is -0.493 e. The number of hydrogen-bond acceptors (Lipinski definition) is 7. The van der Waals surface area contributed by atoms with Crippen molar-refractivity contribution in [2.75, 3.05) is 7.11 Å². The minimum absolute atomic E-state index is 0.0454. The molecule has 0 bridgehead atoms. The number of rotatable bonds is 7. The first kappa shape index (κ1) is 28.4. The van der Waals surface area contributed by atoms with E-state index < -0.39 is 11.9 Å². The zero-order valence-corrected chi connectivity index (χ0v) is 24.6. The first-order valence-electron chi connectivity index (χ1n) is 12.2. The average molecular weight is 652 g/mol. The van der Waals surface area contributed by atoms with E-state index in [1.807, 2.05) is 6.07 Å². The third-order valence-electron chi connectivity index (χ3n) is 6.41. The summed E-state index contributed by atoms with van der Waals surface area (Å²) in [4.78, 5) is 12.7. The molecule has 1 heterocycles. The van der Waals surface area contributed by atoms with Crippen LogP contribution in [0.15, 0.2) is 94.8 Å². The highest BCUT2D eigenvalue weighted by Gasteiger charge is 2.32. The van der Waals surface area contributed by atoms with Gasteiger partial charge in [0.2, 0.25) is 5.88 Å². The first-order valence-corrected chi connectivity index (χ1v) is 13.8. The summed E-state index contributed by atoms with van der Waals surface area (Å²) in [5, 5.41) is 11.0. The van der Waals surface area contributed by atoms with E-state index in [0.29, 0.717) is 42.9 Å². The van der Waals surface area contributed by atoms with E-state index in [1.54, 1.807) is 72.8 Å². The molecule has 1 unspecified atom stereocenters. The fourth-order valence-corrected chi connectivity index (χ4v) is 5.32. The molecular formula is C31H21BrCl2N2O5. The summed E-state index contributed by atoms with van der Waals surface area (Å²) in [6.45, 7) is 0.198. The summed E-state index contributed by atoms with van der Waals surface area (Å²) in [6, 6.07) is 24.6. The normalized spacial score (nSPS) is 14.0. The molecule has 206 valence electrons. The molecule has 1 aliphatic rings. The van der Waals surface area contributed by atoms with Crippen LogP contribution in [-0.2, 0) is 6.61 Å². The largest absolute Gasteiger partial charge is 0.493 e. The van der Waals surface area contributed by atoms with Crippen molar-refractivity contribution in [2.24, 2.45) is 5.73 Å². The fourth-order valence-electron chi connectivity index (χ4n) is 4.41. The van der Waals surface area contributed by atoms with E-state index >= 15 is 0 Å². The van der Waals surface area contributed by atoms with Crippen molar-refractivity contribution in [3.8, 4) is 29.1 Å². The molecule has 7 nitrogen and oxygen atoms in total. The standard InChI is InChI=1S/C31H21BrCl2N2O5/c1-38-28-12-17(7-11-26(28)39-16-18-6-8-19(33)13-25(18)34)29-22-10-9-20(14-27(22)41-30(36)23(29)15-35)40-31(37)21-4-2-3-5-24(21)32/h2-14,29H,16,36H2,1H3. The first-order chi connectivity index (χ1) is 19.8. The van der Waals surface area contributed by atoms with Crippen molar-refractivity contribution in [1.82, 2.24) is 0 Å². The Labute approximate surface area is 254 Å². The quantitative estimate of drug-likeness (QED) is 0.161. The lowest BCUT2D eigenvalue weighted by Crippen LogP contribution is -2.21. The average Bonchev–Trinajstić information content (AvgIpc) is 2.96. The third-order valence-corrected chi connectivity index (χ3v) is 7.69. The fraction of sp³-hybridized carbons (Fsp3) is 0.0968. The van der Waals surface area contributed by atoms with Gasteiger partial charge in [-0.2, -0.15) is 5.26 Å². The Morgan fingerprint density at radius 1 is 1.05 bits per heavy atom. The Hall–Kier alpha value is -4.16. The van der Waals surface area contributed by atoms with Crippen molar-refractivity contribution >= 4 is 45.1 Å². The molecule has 0 aromatic heterocycles. The maximum absolute atomic E-state index is 12.7. The van der Waals surface area contributed by atoms with Crippen LogP contribution < -0.4 is 24.7 Å². The van der Waals surface area contributed by atoms with Gasteiger partial charge >= 0.3 is 5.97 Å². The molecule has 10 heteroatoms. The van der Waals surface area contributed by atoms with Gasteiger partial charge in [0.25, 0.3) is 0 Å². The number of carbonyl (C=O) groups is 1. The van der Waals surface area contributed by atoms with Gasteiger partial charge in [-0.15, -0.1) is 0 Å². The Morgan fingerprint density at radius 3 is 2.59 bits per heavy atom. The lowest BCUT2D eigenvalue weighted by atomic mass is 9.83. The van der Waals surface area contributed by atoms with Crippen LogP contribution in [0, 0.1) is 11.3 Å². The topological polar surface area (TPSA) is 104 Å². The number of nitrogens with zero attached hydrogens (tertiary/aromatic N) is 1. The van der Waals surface area contributed by atoms with Crippen LogP contribution in [0.4, 0.5) is 0 Å². The molecule has 0 radical (unpaired) electrons. The smallest absolute Gasteiger partial charge is 0.344 e. The number of allylic oxidation sites excluding steroid dienone is 1. The maximum atomic E-state index is 12.7. The van der Waals surface area contributed by atoms with E-state index in [0.717, 1.165) is 11.1 Å². The van der Waals surface area contributed by atoms with E-state index in [1.165, 1.54) is 7.11 Å². The van der Waals surface area contributed by atoms with Crippen LogP contribution in [0.25, 0.3) is 0 Å². The summed E-state index contributed by atoms with van der Waals surface area (Å²) in [7, 11) is 1.53. The molecule has 1 atom stereocenters. The summed E-state index contributed by atoms with van der Waals surface area (Å²) < 4.78 is 23.6. The van der Waals surface area contributed by atoms with Gasteiger partial charge in [0, 0.05) is 31.7 Å². The molecule has 1 aliphatic heterocycles. The molecule has 2 N–H and O–H groups in total. The second-order valence-electron chi connectivity index (χ2n) is 8.93. The molecule has 0 fully saturated rings. The van der Waals surface area contributed by atoms with Gasteiger partial charge < -0.3 is 24.7 Å². The number of esters is 1. The molecule has 0 saturated carbocycles. The van der Waals surface area contributed by atoms with Crippen molar-refractivity contribution in [3.63, 3.8) is 0 Å². The summed E-state index contributed by atoms with van der Waals surface area (Å²) in [5.74, 6) is 0.418. The number of halogens is 3. The number of fused-ring (bicyclic) bond motifs is 1. The third kappa shape index (κ3) is 5.98. The van der Waals surface area contributed by atoms with Crippen molar-refractivity contribution < 1.29 is 23.7 Å². The summed E-state index contributed by atoms with van der Waals surface area (Å²) in [5.41, 5.74) is 8.94. The molecule has 41 heavy (non-hydrogen) atoms. The molecule has 0 aliphatic carbocycles. The number of nitriles is 1. The zero-order valence-electron chi connectivity index (χ0n) is 21.5. The number of ether oxygens (including phenoxy) is 4. The van der Waals surface area contributed by atoms with E-state index in [2.05, 4.69) is 22.0 Å². The number of carbonyl (C=O) groups excluding carboxylic acids is 1. The molecule has 0 saturated heterocycles. The number of methoxy groups -OCH3 is 1. The molecule has 0 spiro atoms. The van der Waals surface area contributed by atoms with Crippen LogP contribution in [0.1, 0.15) is 33.0 Å². The summed E-state index contributed by atoms with van der Waals surface area (Å²) in [6.07, 6.45) is 0. The van der Waals surface area contributed by atoms with Gasteiger partial charge in [-0.05, 0) is 64.0 Å². The van der Waals surface area contributed by atoms with Gasteiger partial charge in [0.05, 0.1) is 18.6 Å². The predicted molar refractivity (Wildman–Crippen MR) is 159 cm³/mol. The van der Waals surface area contributed by atoms with Gasteiger partial charge in [-0.3, -0.25) is 0 Å². The van der Waals surface area contributed by atoms with Crippen LogP contribution in [0.2, 0.25) is 10.0 Å². The highest BCUT2D eigenvalue weighted by molar-refractivity contribution is 9.10. The number of hydrogen-bond donors (Lipinski definition) is 1. The van der Waals surface area contributed by atoms with Crippen molar-refractivity contribution in [3.05, 3.63) is 127 Å². The number of benzene rings is 4. The SMILES string of the molecule is COc1cc(C2C(C#N)=C(N)Oc3cc(OC(=O)c4ccccc4Br)ccc32)ccc1OCc1ccc(Cl)cc1Cl. The number of nitrogens with two attached hydrogens (primary N) is 1. The minimum atomic E-state index is -0.564. The van der Waals surface area contributed by atoms with Crippen molar-refractivity contribution in [1.29, 1.82) is 5.26 Å². The van der Waals surface area contributed by atoms with Gasteiger partial charge in [-0.1, -0.05) is 53.5 Å². The van der Waals surface area contributed by atoms with Crippen LogP contribution in [0.3, 0.4) is 0 Å². The highest BCUT2D eigenvalue weighted by Crippen LogP contribution is 2.45. The van der Waals surface area contributed by atoms with Gasteiger partial charge in [-0.25, -0.2) is 4.79 Å². The van der Waals surface area contributed by atoms with Gasteiger partial charge in [0.1, 0.15) is 29.7 Å².